The number of benzene rings is 2. The molecule has 0 bridgehead atoms. The summed E-state index contributed by atoms with van der Waals surface area (Å²) >= 11 is 0. The number of rotatable bonds is 4. The summed E-state index contributed by atoms with van der Waals surface area (Å²) in [4.78, 5) is 2.35. The van der Waals surface area contributed by atoms with Crippen LogP contribution in [-0.2, 0) is 0 Å². The van der Waals surface area contributed by atoms with Gasteiger partial charge in [-0.05, 0) is 49.7 Å². The summed E-state index contributed by atoms with van der Waals surface area (Å²) < 4.78 is 6.10. The molecule has 0 radical (unpaired) electrons. The van der Waals surface area contributed by atoms with Crippen molar-refractivity contribution in [1.29, 1.82) is 0 Å². The monoisotopic (exact) mass is 333 g/mol. The second-order valence-electron chi connectivity index (χ2n) is 6.68. The largest absolute Gasteiger partial charge is 0.490 e. The van der Waals surface area contributed by atoms with Gasteiger partial charge in [-0.2, -0.15) is 5.10 Å². The van der Waals surface area contributed by atoms with Crippen LogP contribution in [0.3, 0.4) is 0 Å². The first-order valence-corrected chi connectivity index (χ1v) is 8.84. The van der Waals surface area contributed by atoms with Gasteiger partial charge in [0.15, 0.2) is 0 Å². The molecule has 128 valence electrons. The maximum atomic E-state index is 6.10. The molecule has 0 amide bonds. The number of hydrogen-bond acceptors (Lipinski definition) is 3. The predicted octanol–water partition coefficient (Wildman–Crippen LogP) is 4.21. The van der Waals surface area contributed by atoms with Gasteiger partial charge in [-0.15, -0.1) is 0 Å². The molecule has 1 N–H and O–H groups in total. The number of likely N-dealkylation sites (tertiary alicyclic amines) is 1. The standard InChI is InChI=1S/C21H23N3O/c1-24-14-12-18(13-15-24)25-17-9-6-16(7-10-17)8-11-21-19-4-2-3-5-20(19)22-23-21/h2-11,18H,12-15H2,1H3,(H,22,23)/b11-8+. The van der Waals surface area contributed by atoms with E-state index in [1.54, 1.807) is 0 Å². The number of hydrogen-bond donors (Lipinski definition) is 1. The van der Waals surface area contributed by atoms with Gasteiger partial charge in [0, 0.05) is 18.5 Å². The van der Waals surface area contributed by atoms with Crippen LogP contribution in [0.4, 0.5) is 0 Å². The van der Waals surface area contributed by atoms with Gasteiger partial charge < -0.3 is 9.64 Å². The van der Waals surface area contributed by atoms with Gasteiger partial charge >= 0.3 is 0 Å². The maximum Gasteiger partial charge on any atom is 0.119 e. The number of nitrogens with zero attached hydrogens (tertiary/aromatic N) is 2. The van der Waals surface area contributed by atoms with Crippen molar-refractivity contribution in [2.24, 2.45) is 0 Å². The zero-order chi connectivity index (χ0) is 17.1. The lowest BCUT2D eigenvalue weighted by molar-refractivity contribution is 0.114. The first kappa shape index (κ1) is 15.9. The molecule has 0 atom stereocenters. The van der Waals surface area contributed by atoms with Crippen molar-refractivity contribution >= 4 is 23.1 Å². The van der Waals surface area contributed by atoms with Crippen molar-refractivity contribution in [1.82, 2.24) is 15.1 Å². The average Bonchev–Trinajstić information content (AvgIpc) is 3.06. The predicted molar refractivity (Wildman–Crippen MR) is 103 cm³/mol. The number of aromatic nitrogens is 2. The van der Waals surface area contributed by atoms with Crippen LogP contribution in [0.1, 0.15) is 24.1 Å². The number of para-hydroxylation sites is 1. The van der Waals surface area contributed by atoms with Crippen LogP contribution in [0.2, 0.25) is 0 Å². The Balaban J connectivity index is 1.42. The number of nitrogens with one attached hydrogen (secondary N) is 1. The Bertz CT molecular complexity index is 858. The maximum absolute atomic E-state index is 6.10. The van der Waals surface area contributed by atoms with Gasteiger partial charge in [0.25, 0.3) is 0 Å². The highest BCUT2D eigenvalue weighted by atomic mass is 16.5. The van der Waals surface area contributed by atoms with Crippen LogP contribution in [0.15, 0.2) is 48.5 Å². The molecule has 2 heterocycles. The second-order valence-corrected chi connectivity index (χ2v) is 6.68. The van der Waals surface area contributed by atoms with Crippen molar-refractivity contribution in [2.75, 3.05) is 20.1 Å². The lowest BCUT2D eigenvalue weighted by Crippen LogP contribution is -2.35. The van der Waals surface area contributed by atoms with E-state index >= 15 is 0 Å². The topological polar surface area (TPSA) is 41.1 Å². The van der Waals surface area contributed by atoms with Crippen LogP contribution in [0.25, 0.3) is 23.1 Å². The Labute approximate surface area is 148 Å². The minimum atomic E-state index is 0.341. The lowest BCUT2D eigenvalue weighted by atomic mass is 10.1. The second kappa shape index (κ2) is 7.11. The molecule has 3 aromatic rings. The fraction of sp³-hybridized carbons (Fsp3) is 0.286. The third-order valence-corrected chi connectivity index (χ3v) is 4.78. The van der Waals surface area contributed by atoms with Gasteiger partial charge in [-0.3, -0.25) is 5.10 Å². The van der Waals surface area contributed by atoms with Gasteiger partial charge in [-0.25, -0.2) is 0 Å². The van der Waals surface area contributed by atoms with Crippen LogP contribution in [-0.4, -0.2) is 41.3 Å². The molecule has 0 spiro atoms. The van der Waals surface area contributed by atoms with Crippen LogP contribution in [0, 0.1) is 0 Å². The molecule has 4 heteroatoms. The summed E-state index contributed by atoms with van der Waals surface area (Å²) in [6, 6.07) is 16.5. The van der Waals surface area contributed by atoms with Gasteiger partial charge in [0.1, 0.15) is 11.9 Å². The molecule has 1 aliphatic heterocycles. The first-order chi connectivity index (χ1) is 12.3. The van der Waals surface area contributed by atoms with E-state index in [4.69, 9.17) is 4.74 Å². The Morgan fingerprint density at radius 3 is 2.60 bits per heavy atom. The molecule has 25 heavy (non-hydrogen) atoms. The normalized spacial score (nSPS) is 16.7. The van der Waals surface area contributed by atoms with Crippen LogP contribution in [0.5, 0.6) is 5.75 Å². The van der Waals surface area contributed by atoms with Crippen molar-refractivity contribution < 1.29 is 4.74 Å². The van der Waals surface area contributed by atoms with Gasteiger partial charge in [0.05, 0.1) is 11.2 Å². The summed E-state index contributed by atoms with van der Waals surface area (Å²) in [6.45, 7) is 2.23. The van der Waals surface area contributed by atoms with Gasteiger partial charge in [-0.1, -0.05) is 36.4 Å². The minimum Gasteiger partial charge on any atom is -0.490 e. The summed E-state index contributed by atoms with van der Waals surface area (Å²) in [7, 11) is 2.17. The van der Waals surface area contributed by atoms with E-state index in [9.17, 15) is 0 Å². The van der Waals surface area contributed by atoms with Crippen molar-refractivity contribution in [3.63, 3.8) is 0 Å². The molecule has 0 unspecified atom stereocenters. The molecule has 1 saturated heterocycles. The molecular formula is C21H23N3O. The number of fused-ring (bicyclic) bond motifs is 1. The smallest absolute Gasteiger partial charge is 0.119 e. The minimum absolute atomic E-state index is 0.341. The molecule has 1 aliphatic rings. The van der Waals surface area contributed by atoms with Crippen molar-refractivity contribution in [3.05, 3.63) is 59.8 Å². The SMILES string of the molecule is CN1CCC(Oc2ccc(/C=C/c3n[nH]c4ccccc34)cc2)CC1. The highest BCUT2D eigenvalue weighted by Gasteiger charge is 2.17. The Morgan fingerprint density at radius 2 is 1.80 bits per heavy atom. The van der Waals surface area contributed by atoms with E-state index in [0.29, 0.717) is 6.10 Å². The van der Waals surface area contributed by atoms with E-state index in [-0.39, 0.29) is 0 Å². The Kier molecular flexibility index (Phi) is 4.53. The summed E-state index contributed by atoms with van der Waals surface area (Å²) in [5.41, 5.74) is 3.16. The average molecular weight is 333 g/mol. The molecular weight excluding hydrogens is 310 g/mol. The third kappa shape index (κ3) is 3.74. The number of ether oxygens (including phenoxy) is 1. The van der Waals surface area contributed by atoms with E-state index < -0.39 is 0 Å². The number of piperidine rings is 1. The fourth-order valence-electron chi connectivity index (χ4n) is 3.24. The summed E-state index contributed by atoms with van der Waals surface area (Å²) in [5.74, 6) is 0.955. The lowest BCUT2D eigenvalue weighted by Gasteiger charge is -2.29. The van der Waals surface area contributed by atoms with Crippen molar-refractivity contribution in [2.45, 2.75) is 18.9 Å². The molecule has 0 aliphatic carbocycles. The quantitative estimate of drug-likeness (QED) is 0.778. The van der Waals surface area contributed by atoms with E-state index in [2.05, 4.69) is 58.6 Å². The van der Waals surface area contributed by atoms with E-state index in [1.807, 2.05) is 24.3 Å². The number of H-pyrrole nitrogens is 1. The Hall–Kier alpha value is -2.59. The molecule has 1 aromatic heterocycles. The Morgan fingerprint density at radius 1 is 1.04 bits per heavy atom. The van der Waals surface area contributed by atoms with E-state index in [1.165, 1.54) is 0 Å². The summed E-state index contributed by atoms with van der Waals surface area (Å²) in [5, 5.41) is 8.57. The fourth-order valence-corrected chi connectivity index (χ4v) is 3.24. The molecule has 0 saturated carbocycles. The summed E-state index contributed by atoms with van der Waals surface area (Å²) in [6.07, 6.45) is 6.68. The molecule has 4 rings (SSSR count). The molecule has 1 fully saturated rings. The molecule has 4 nitrogen and oxygen atoms in total. The third-order valence-electron chi connectivity index (χ3n) is 4.78. The van der Waals surface area contributed by atoms with Crippen LogP contribution < -0.4 is 4.74 Å². The zero-order valence-electron chi connectivity index (χ0n) is 14.5. The van der Waals surface area contributed by atoms with Crippen molar-refractivity contribution in [3.8, 4) is 5.75 Å². The first-order valence-electron chi connectivity index (χ1n) is 8.84. The highest BCUT2D eigenvalue weighted by molar-refractivity contribution is 5.89. The zero-order valence-corrected chi connectivity index (χ0v) is 14.5. The molecule has 2 aromatic carbocycles. The van der Waals surface area contributed by atoms with Gasteiger partial charge in [0.2, 0.25) is 0 Å². The number of aromatic amines is 1. The van der Waals surface area contributed by atoms with Crippen LogP contribution >= 0.6 is 0 Å². The highest BCUT2D eigenvalue weighted by Crippen LogP contribution is 2.21. The van der Waals surface area contributed by atoms with E-state index in [0.717, 1.165) is 53.8 Å².